The molecule has 19 heavy (non-hydrogen) atoms. The van der Waals surface area contributed by atoms with Crippen LogP contribution in [0.3, 0.4) is 0 Å². The van der Waals surface area contributed by atoms with Crippen LogP contribution in [-0.2, 0) is 0 Å². The lowest BCUT2D eigenvalue weighted by molar-refractivity contribution is -0.385. The van der Waals surface area contributed by atoms with E-state index in [0.717, 1.165) is 6.29 Å². The summed E-state index contributed by atoms with van der Waals surface area (Å²) in [6, 6.07) is 10.8. The number of carbonyl (C=O) groups excluding carboxylic acids is 1. The summed E-state index contributed by atoms with van der Waals surface area (Å²) in [5.74, 6) is 0.845. The van der Waals surface area contributed by atoms with Crippen molar-refractivity contribution in [3.05, 3.63) is 62.6 Å². The Hall–Kier alpha value is -2.21. The molecule has 0 aliphatic heterocycles. The number of benzene rings is 2. The third kappa shape index (κ3) is 3.38. The van der Waals surface area contributed by atoms with Crippen LogP contribution < -0.4 is 4.74 Å². The average molecular weight is 322 g/mol. The first-order valence-corrected chi connectivity index (χ1v) is 6.06. The second kappa shape index (κ2) is 5.62. The first-order valence-electron chi connectivity index (χ1n) is 5.26. The summed E-state index contributed by atoms with van der Waals surface area (Å²) >= 11 is 3.19. The average Bonchev–Trinajstić information content (AvgIpc) is 2.39. The largest absolute Gasteiger partial charge is 0.457 e. The number of hydrogen-bond acceptors (Lipinski definition) is 4. The van der Waals surface area contributed by atoms with Gasteiger partial charge in [-0.25, -0.2) is 0 Å². The molecule has 5 nitrogen and oxygen atoms in total. The molecule has 0 unspecified atom stereocenters. The summed E-state index contributed by atoms with van der Waals surface area (Å²) in [5.41, 5.74) is 0.474. The van der Waals surface area contributed by atoms with E-state index in [1.54, 1.807) is 30.3 Å². The summed E-state index contributed by atoms with van der Waals surface area (Å²) in [6.45, 7) is 0. The van der Waals surface area contributed by atoms with Crippen molar-refractivity contribution in [2.45, 2.75) is 0 Å². The molecule has 2 aromatic rings. The molecule has 0 fully saturated rings. The maximum Gasteiger partial charge on any atom is 0.274 e. The Morgan fingerprint density at radius 2 is 1.79 bits per heavy atom. The molecule has 0 bridgehead atoms. The highest BCUT2D eigenvalue weighted by Crippen LogP contribution is 2.29. The molecular weight excluding hydrogens is 314 g/mol. The summed E-state index contributed by atoms with van der Waals surface area (Å²) in [4.78, 5) is 20.8. The molecule has 0 aliphatic rings. The fraction of sp³-hybridized carbons (Fsp3) is 0. The molecule has 0 saturated heterocycles. The molecule has 0 radical (unpaired) electrons. The molecule has 0 spiro atoms. The van der Waals surface area contributed by atoms with E-state index in [9.17, 15) is 14.9 Å². The zero-order valence-corrected chi connectivity index (χ0v) is 11.2. The third-order valence-corrected chi connectivity index (χ3v) is 2.78. The van der Waals surface area contributed by atoms with Gasteiger partial charge in [-0.3, -0.25) is 14.9 Å². The zero-order chi connectivity index (χ0) is 13.8. The monoisotopic (exact) mass is 321 g/mol. The summed E-state index contributed by atoms with van der Waals surface area (Å²) in [7, 11) is 0. The number of ether oxygens (including phenoxy) is 1. The molecule has 0 saturated carbocycles. The number of halogens is 1. The van der Waals surface area contributed by atoms with E-state index in [-0.39, 0.29) is 5.69 Å². The van der Waals surface area contributed by atoms with E-state index in [2.05, 4.69) is 15.9 Å². The molecule has 96 valence electrons. The van der Waals surface area contributed by atoms with Crippen molar-refractivity contribution in [1.29, 1.82) is 0 Å². The quantitative estimate of drug-likeness (QED) is 0.485. The minimum Gasteiger partial charge on any atom is -0.457 e. The van der Waals surface area contributed by atoms with Crippen molar-refractivity contribution in [1.82, 2.24) is 0 Å². The number of nitrogens with zero attached hydrogens (tertiary/aromatic N) is 1. The number of hydrogen-bond donors (Lipinski definition) is 0. The molecule has 0 atom stereocenters. The Kier molecular flexibility index (Phi) is 3.91. The van der Waals surface area contributed by atoms with Crippen LogP contribution in [0.5, 0.6) is 11.5 Å². The van der Waals surface area contributed by atoms with Crippen LogP contribution in [0.2, 0.25) is 0 Å². The Morgan fingerprint density at radius 3 is 2.37 bits per heavy atom. The van der Waals surface area contributed by atoms with Crippen LogP contribution in [0.1, 0.15) is 10.4 Å². The van der Waals surface area contributed by atoms with Crippen LogP contribution in [0.25, 0.3) is 0 Å². The zero-order valence-electron chi connectivity index (χ0n) is 9.58. The van der Waals surface area contributed by atoms with Crippen LogP contribution in [-0.4, -0.2) is 11.2 Å². The number of rotatable bonds is 4. The highest BCUT2D eigenvalue weighted by Gasteiger charge is 2.10. The molecular formula is C13H8BrNO4. The number of carbonyl (C=O) groups is 1. The van der Waals surface area contributed by atoms with Gasteiger partial charge in [0.2, 0.25) is 0 Å². The lowest BCUT2D eigenvalue weighted by Crippen LogP contribution is -1.90. The van der Waals surface area contributed by atoms with E-state index in [4.69, 9.17) is 4.74 Å². The van der Waals surface area contributed by atoms with E-state index < -0.39 is 4.92 Å². The Bertz CT molecular complexity index is 625. The van der Waals surface area contributed by atoms with Gasteiger partial charge >= 0.3 is 0 Å². The molecule has 0 N–H and O–H groups in total. The summed E-state index contributed by atoms with van der Waals surface area (Å²) in [6.07, 6.45) is 0.730. The summed E-state index contributed by atoms with van der Waals surface area (Å²) in [5, 5.41) is 10.7. The molecule has 2 rings (SSSR count). The molecule has 0 heterocycles. The second-order valence-corrected chi connectivity index (χ2v) is 4.61. The van der Waals surface area contributed by atoms with Gasteiger partial charge in [-0.2, -0.15) is 0 Å². The highest BCUT2D eigenvalue weighted by atomic mass is 79.9. The van der Waals surface area contributed by atoms with Crippen molar-refractivity contribution < 1.29 is 14.5 Å². The molecule has 0 aromatic heterocycles. The highest BCUT2D eigenvalue weighted by molar-refractivity contribution is 9.10. The predicted octanol–water partition coefficient (Wildman–Crippen LogP) is 3.96. The normalized spacial score (nSPS) is 9.95. The van der Waals surface area contributed by atoms with Crippen molar-refractivity contribution in [2.24, 2.45) is 0 Å². The molecule has 0 amide bonds. The SMILES string of the molecule is O=Cc1ccc(Oc2cc(Br)cc([N+](=O)[O-])c2)cc1. The summed E-state index contributed by atoms with van der Waals surface area (Å²) < 4.78 is 6.06. The fourth-order valence-corrected chi connectivity index (χ4v) is 1.92. The van der Waals surface area contributed by atoms with Crippen LogP contribution in [0.4, 0.5) is 5.69 Å². The predicted molar refractivity (Wildman–Crippen MR) is 72.7 cm³/mol. The lowest BCUT2D eigenvalue weighted by Gasteiger charge is -2.06. The number of aldehydes is 1. The van der Waals surface area contributed by atoms with E-state index in [1.807, 2.05) is 0 Å². The van der Waals surface area contributed by atoms with Crippen LogP contribution in [0.15, 0.2) is 46.9 Å². The van der Waals surface area contributed by atoms with E-state index >= 15 is 0 Å². The smallest absolute Gasteiger partial charge is 0.274 e. The van der Waals surface area contributed by atoms with Gasteiger partial charge in [0.15, 0.2) is 0 Å². The van der Waals surface area contributed by atoms with Gasteiger partial charge in [0.05, 0.1) is 11.0 Å². The Balaban J connectivity index is 2.26. The van der Waals surface area contributed by atoms with Crippen LogP contribution >= 0.6 is 15.9 Å². The van der Waals surface area contributed by atoms with Gasteiger partial charge in [-0.05, 0) is 30.3 Å². The minimum absolute atomic E-state index is 0.0612. The minimum atomic E-state index is -0.493. The first kappa shape index (κ1) is 13.2. The van der Waals surface area contributed by atoms with Crippen molar-refractivity contribution in [2.75, 3.05) is 0 Å². The Labute approximate surface area is 117 Å². The number of non-ortho nitro benzene ring substituents is 1. The Morgan fingerprint density at radius 1 is 1.11 bits per heavy atom. The van der Waals surface area contributed by atoms with Crippen molar-refractivity contribution in [3.63, 3.8) is 0 Å². The van der Waals surface area contributed by atoms with Gasteiger partial charge in [0, 0.05) is 16.1 Å². The standard InChI is InChI=1S/C13H8BrNO4/c14-10-5-11(15(17)18)7-13(6-10)19-12-3-1-9(8-16)2-4-12/h1-8H. The van der Waals surface area contributed by atoms with Crippen molar-refractivity contribution >= 4 is 27.9 Å². The van der Waals surface area contributed by atoms with Crippen molar-refractivity contribution in [3.8, 4) is 11.5 Å². The molecule has 0 aliphatic carbocycles. The molecule has 6 heteroatoms. The third-order valence-electron chi connectivity index (χ3n) is 2.32. The van der Waals surface area contributed by atoms with Gasteiger partial charge in [-0.15, -0.1) is 0 Å². The number of nitro benzene ring substituents is 1. The van der Waals surface area contributed by atoms with E-state index in [0.29, 0.717) is 21.5 Å². The van der Waals surface area contributed by atoms with Gasteiger partial charge in [0.25, 0.3) is 5.69 Å². The molecule has 2 aromatic carbocycles. The van der Waals surface area contributed by atoms with Crippen LogP contribution in [0, 0.1) is 10.1 Å². The van der Waals surface area contributed by atoms with Gasteiger partial charge < -0.3 is 4.74 Å². The van der Waals surface area contributed by atoms with E-state index in [1.165, 1.54) is 12.1 Å². The second-order valence-electron chi connectivity index (χ2n) is 3.69. The van der Waals surface area contributed by atoms with Gasteiger partial charge in [0.1, 0.15) is 17.8 Å². The number of nitro groups is 1. The topological polar surface area (TPSA) is 69.4 Å². The maximum atomic E-state index is 10.7. The maximum absolute atomic E-state index is 10.7. The fourth-order valence-electron chi connectivity index (χ4n) is 1.46. The lowest BCUT2D eigenvalue weighted by atomic mass is 10.2. The van der Waals surface area contributed by atoms with Gasteiger partial charge in [-0.1, -0.05) is 15.9 Å². The first-order chi connectivity index (χ1) is 9.08.